The van der Waals surface area contributed by atoms with Gasteiger partial charge in [-0.05, 0) is 6.92 Å². The molecule has 19 nitrogen and oxygen atoms in total. The Bertz CT molecular complexity index is 1580. The monoisotopic (exact) mass is 574 g/mol. The molecular weight excluding hydrogens is 544 g/mol. The second kappa shape index (κ2) is 9.92. The molecule has 2 saturated heterocycles. The van der Waals surface area contributed by atoms with Crippen molar-refractivity contribution in [2.45, 2.75) is 55.4 Å². The fraction of sp³-hybridized carbons (Fsp3) is 0.545. The predicted molar refractivity (Wildman–Crippen MR) is 139 cm³/mol. The van der Waals surface area contributed by atoms with E-state index in [9.17, 15) is 15.3 Å². The van der Waals surface area contributed by atoms with Gasteiger partial charge >= 0.3 is 0 Å². The standard InChI is InChI=1S/C22H30N12O7/c1-21(36)19(34-17-13(31-20(34)25)15(24)27-7-29-17)41-11(4-35)22(21,37)32-39-5-9-3-10(38-2)18(40-9)33-8-30-12-14(23)26-6-28-16(12)33/h6-11,18-19,32,35-37H,3-5H2,1-2H3,(H2,25,31)(H2,23,26,28)(H2,24,27,29)/t9-,10+,11+,18+,19+,21-,22-/m0/s1. The van der Waals surface area contributed by atoms with Gasteiger partial charge in [0.05, 0.1) is 25.6 Å². The highest BCUT2D eigenvalue weighted by Gasteiger charge is 2.65. The summed E-state index contributed by atoms with van der Waals surface area (Å²) >= 11 is 0. The molecule has 0 spiro atoms. The Balaban J connectivity index is 1.19. The zero-order valence-corrected chi connectivity index (χ0v) is 22.0. The van der Waals surface area contributed by atoms with Crippen LogP contribution in [-0.2, 0) is 19.0 Å². The van der Waals surface area contributed by atoms with E-state index in [0.29, 0.717) is 17.6 Å². The molecule has 7 atom stereocenters. The molecule has 0 radical (unpaired) electrons. The highest BCUT2D eigenvalue weighted by Crippen LogP contribution is 2.46. The molecule has 6 heterocycles. The first-order chi connectivity index (χ1) is 19.6. The summed E-state index contributed by atoms with van der Waals surface area (Å²) in [6.07, 6.45) is 0.279. The number of nitrogens with two attached hydrogens (primary N) is 3. The van der Waals surface area contributed by atoms with Gasteiger partial charge in [-0.3, -0.25) is 14.0 Å². The van der Waals surface area contributed by atoms with Crippen LogP contribution in [0.1, 0.15) is 25.8 Å². The fourth-order valence-electron chi connectivity index (χ4n) is 5.31. The average Bonchev–Trinajstić information content (AvgIpc) is 3.68. The van der Waals surface area contributed by atoms with Gasteiger partial charge in [0.1, 0.15) is 30.4 Å². The number of nitrogens with zero attached hydrogens (tertiary/aromatic N) is 8. The van der Waals surface area contributed by atoms with Crippen LogP contribution in [0.4, 0.5) is 17.6 Å². The van der Waals surface area contributed by atoms with Crippen molar-refractivity contribution in [3.8, 4) is 0 Å². The predicted octanol–water partition coefficient (Wildman–Crippen LogP) is -2.43. The molecule has 19 heteroatoms. The van der Waals surface area contributed by atoms with Gasteiger partial charge < -0.3 is 46.7 Å². The second-order valence-electron chi connectivity index (χ2n) is 10.00. The van der Waals surface area contributed by atoms with E-state index in [0.717, 1.165) is 0 Å². The van der Waals surface area contributed by atoms with Crippen molar-refractivity contribution in [3.05, 3.63) is 19.0 Å². The topological polar surface area (TPSA) is 275 Å². The molecular formula is C22H30N12O7. The molecule has 0 bridgehead atoms. The van der Waals surface area contributed by atoms with Gasteiger partial charge in [0.15, 0.2) is 52.2 Å². The lowest BCUT2D eigenvalue weighted by Gasteiger charge is -2.38. The van der Waals surface area contributed by atoms with Gasteiger partial charge in [-0.2, -0.15) is 5.48 Å². The Morgan fingerprint density at radius 1 is 1.05 bits per heavy atom. The second-order valence-corrected chi connectivity index (χ2v) is 10.00. The number of aliphatic hydroxyl groups excluding tert-OH is 1. The summed E-state index contributed by atoms with van der Waals surface area (Å²) in [5.74, 6) is 0.203. The number of methoxy groups -OCH3 is 1. The Labute approximate surface area is 231 Å². The van der Waals surface area contributed by atoms with E-state index < -0.39 is 42.6 Å². The highest BCUT2D eigenvalue weighted by atomic mass is 16.7. The van der Waals surface area contributed by atoms with Crippen LogP contribution in [0.25, 0.3) is 22.3 Å². The highest BCUT2D eigenvalue weighted by molar-refractivity contribution is 5.83. The molecule has 2 aliphatic heterocycles. The number of aliphatic hydroxyl groups is 3. The molecule has 4 aromatic rings. The van der Waals surface area contributed by atoms with E-state index in [4.69, 9.17) is 36.2 Å². The molecule has 2 fully saturated rings. The van der Waals surface area contributed by atoms with Crippen LogP contribution in [0.15, 0.2) is 19.0 Å². The Kier molecular flexibility index (Phi) is 6.62. The normalized spacial score (nSPS) is 32.0. The molecule has 6 rings (SSSR count). The van der Waals surface area contributed by atoms with Crippen LogP contribution >= 0.6 is 0 Å². The van der Waals surface area contributed by atoms with E-state index in [1.807, 2.05) is 0 Å². The number of nitrogens with one attached hydrogen (secondary N) is 1. The minimum Gasteiger partial charge on any atom is -0.393 e. The summed E-state index contributed by atoms with van der Waals surface area (Å²) in [5.41, 5.74) is 17.2. The maximum absolute atomic E-state index is 11.6. The number of ether oxygens (including phenoxy) is 3. The van der Waals surface area contributed by atoms with Crippen LogP contribution in [-0.4, -0.2) is 104 Å². The molecule has 0 unspecified atom stereocenters. The SMILES string of the molecule is CO[C@@H]1C[C@@H](CON[C@]2(O)[C@@H](CO)O[C@@H](n3c(N)nc4c(N)ncnc43)[C@]2(C)O)O[C@H]1n1cnc2c(N)ncnc21. The Morgan fingerprint density at radius 3 is 2.46 bits per heavy atom. The summed E-state index contributed by atoms with van der Waals surface area (Å²) in [6, 6.07) is 0. The molecule has 10 N–H and O–H groups in total. The Morgan fingerprint density at radius 2 is 1.76 bits per heavy atom. The van der Waals surface area contributed by atoms with Crippen molar-refractivity contribution < 1.29 is 34.4 Å². The van der Waals surface area contributed by atoms with Crippen LogP contribution in [0.2, 0.25) is 0 Å². The van der Waals surface area contributed by atoms with Gasteiger partial charge in [-0.1, -0.05) is 0 Å². The van der Waals surface area contributed by atoms with Crippen LogP contribution in [0, 0.1) is 0 Å². The lowest BCUT2D eigenvalue weighted by Crippen LogP contribution is -2.66. The number of hydroxylamine groups is 1. The molecule has 0 aromatic carbocycles. The summed E-state index contributed by atoms with van der Waals surface area (Å²) in [4.78, 5) is 30.3. The average molecular weight is 575 g/mol. The van der Waals surface area contributed by atoms with E-state index >= 15 is 0 Å². The van der Waals surface area contributed by atoms with Crippen molar-refractivity contribution >= 4 is 39.9 Å². The number of imidazole rings is 2. The number of fused-ring (bicyclic) bond motifs is 2. The maximum atomic E-state index is 11.6. The van der Waals surface area contributed by atoms with Gasteiger partial charge in [0, 0.05) is 13.5 Å². The van der Waals surface area contributed by atoms with E-state index in [2.05, 4.69) is 35.4 Å². The molecule has 41 heavy (non-hydrogen) atoms. The summed E-state index contributed by atoms with van der Waals surface area (Å²) < 4.78 is 20.6. The van der Waals surface area contributed by atoms with Gasteiger partial charge in [-0.25, -0.2) is 29.9 Å². The number of hydrogen-bond donors (Lipinski definition) is 7. The zero-order valence-electron chi connectivity index (χ0n) is 22.0. The largest absolute Gasteiger partial charge is 0.393 e. The summed E-state index contributed by atoms with van der Waals surface area (Å²) in [5, 5.41) is 33.2. The van der Waals surface area contributed by atoms with Crippen LogP contribution in [0.5, 0.6) is 0 Å². The first kappa shape index (κ1) is 27.4. The van der Waals surface area contributed by atoms with Crippen molar-refractivity contribution in [2.75, 3.05) is 37.5 Å². The van der Waals surface area contributed by atoms with E-state index in [1.165, 1.54) is 24.1 Å². The van der Waals surface area contributed by atoms with Crippen molar-refractivity contribution in [1.29, 1.82) is 0 Å². The summed E-state index contributed by atoms with van der Waals surface area (Å²) in [6.45, 7) is 0.525. The van der Waals surface area contributed by atoms with Crippen molar-refractivity contribution in [1.82, 2.24) is 44.5 Å². The number of hydrogen-bond acceptors (Lipinski definition) is 17. The quantitative estimate of drug-likeness (QED) is 0.0850. The number of aromatic nitrogens is 8. The Hall–Kier alpha value is -3.82. The van der Waals surface area contributed by atoms with Crippen LogP contribution < -0.4 is 22.7 Å². The van der Waals surface area contributed by atoms with Gasteiger partial charge in [0.2, 0.25) is 5.95 Å². The molecule has 220 valence electrons. The molecule has 0 aliphatic carbocycles. The fourth-order valence-corrected chi connectivity index (χ4v) is 5.31. The van der Waals surface area contributed by atoms with E-state index in [1.54, 1.807) is 18.0 Å². The third-order valence-electron chi connectivity index (χ3n) is 7.55. The molecule has 0 saturated carbocycles. The number of nitrogen functional groups attached to an aromatic ring is 3. The third kappa shape index (κ3) is 4.13. The molecule has 0 amide bonds. The molecule has 4 aromatic heterocycles. The van der Waals surface area contributed by atoms with Gasteiger partial charge in [0.25, 0.3) is 0 Å². The summed E-state index contributed by atoms with van der Waals surface area (Å²) in [7, 11) is 1.55. The first-order valence-electron chi connectivity index (χ1n) is 12.6. The number of anilines is 3. The molecule has 2 aliphatic rings. The zero-order chi connectivity index (χ0) is 29.1. The third-order valence-corrected chi connectivity index (χ3v) is 7.55. The lowest BCUT2D eigenvalue weighted by molar-refractivity contribution is -0.231. The maximum Gasteiger partial charge on any atom is 0.204 e. The van der Waals surface area contributed by atoms with Crippen LogP contribution in [0.3, 0.4) is 0 Å². The minimum atomic E-state index is -2.32. The smallest absolute Gasteiger partial charge is 0.204 e. The lowest BCUT2D eigenvalue weighted by atomic mass is 9.90. The van der Waals surface area contributed by atoms with Crippen molar-refractivity contribution in [3.63, 3.8) is 0 Å². The van der Waals surface area contributed by atoms with E-state index in [-0.39, 0.29) is 41.5 Å². The van der Waals surface area contributed by atoms with Crippen molar-refractivity contribution in [2.24, 2.45) is 0 Å². The first-order valence-corrected chi connectivity index (χ1v) is 12.6. The number of rotatable bonds is 8. The minimum absolute atomic E-state index is 0.0670. The van der Waals surface area contributed by atoms with Gasteiger partial charge in [-0.15, -0.1) is 0 Å².